The first-order valence-electron chi connectivity index (χ1n) is 10.4. The molecular formula is C24H22F3NO4S. The van der Waals surface area contributed by atoms with Crippen LogP contribution in [0.25, 0.3) is 21.1 Å². The van der Waals surface area contributed by atoms with Crippen LogP contribution in [0.1, 0.15) is 48.4 Å². The predicted octanol–water partition coefficient (Wildman–Crippen LogP) is 6.82. The summed E-state index contributed by atoms with van der Waals surface area (Å²) in [6.45, 7) is 5.51. The van der Waals surface area contributed by atoms with Crippen molar-refractivity contribution in [3.8, 4) is 5.75 Å². The largest absolute Gasteiger partial charge is 0.479 e. The number of aromatic nitrogens is 1. The number of carboxylic acids is 1. The molecule has 2 heterocycles. The van der Waals surface area contributed by atoms with Crippen molar-refractivity contribution < 1.29 is 32.3 Å². The Labute approximate surface area is 191 Å². The van der Waals surface area contributed by atoms with Gasteiger partial charge in [-0.25, -0.2) is 4.79 Å². The lowest BCUT2D eigenvalue weighted by Crippen LogP contribution is -2.22. The van der Waals surface area contributed by atoms with Crippen LogP contribution in [0.5, 0.6) is 5.75 Å². The number of aliphatic carboxylic acids is 1. The minimum Gasteiger partial charge on any atom is -0.479 e. The van der Waals surface area contributed by atoms with E-state index in [0.29, 0.717) is 28.9 Å². The van der Waals surface area contributed by atoms with Crippen molar-refractivity contribution in [1.29, 1.82) is 0 Å². The Morgan fingerprint density at radius 3 is 2.52 bits per heavy atom. The topological polar surface area (TPSA) is 72.6 Å². The van der Waals surface area contributed by atoms with Crippen LogP contribution in [0.2, 0.25) is 0 Å². The Balaban J connectivity index is 1.60. The van der Waals surface area contributed by atoms with Gasteiger partial charge in [0.05, 0.1) is 11.3 Å². The van der Waals surface area contributed by atoms with E-state index in [-0.39, 0.29) is 5.92 Å². The van der Waals surface area contributed by atoms with Gasteiger partial charge in [0, 0.05) is 21.0 Å². The van der Waals surface area contributed by atoms with E-state index < -0.39 is 23.8 Å². The average molecular weight is 478 g/mol. The number of carboxylic acid groups (broad SMARTS) is 1. The summed E-state index contributed by atoms with van der Waals surface area (Å²) in [6.07, 6.45) is -4.20. The molecule has 1 unspecified atom stereocenters. The second-order valence-electron chi connectivity index (χ2n) is 8.19. The van der Waals surface area contributed by atoms with E-state index in [1.807, 2.05) is 13.8 Å². The minimum atomic E-state index is -4.37. The molecule has 5 nitrogen and oxygen atoms in total. The zero-order chi connectivity index (χ0) is 23.9. The normalized spacial score (nSPS) is 13.2. The van der Waals surface area contributed by atoms with E-state index in [1.165, 1.54) is 24.3 Å². The van der Waals surface area contributed by atoms with Gasteiger partial charge in [-0.15, -0.1) is 11.3 Å². The van der Waals surface area contributed by atoms with Gasteiger partial charge in [-0.3, -0.25) is 0 Å². The third kappa shape index (κ3) is 4.68. The van der Waals surface area contributed by atoms with Crippen LogP contribution in [0.3, 0.4) is 0 Å². The smallest absolute Gasteiger partial charge is 0.416 e. The molecule has 0 aliphatic heterocycles. The Bertz CT molecular complexity index is 1320. The number of alkyl halides is 3. The highest BCUT2D eigenvalue weighted by Gasteiger charge is 2.31. The van der Waals surface area contributed by atoms with Crippen LogP contribution in [0.15, 0.2) is 40.9 Å². The van der Waals surface area contributed by atoms with E-state index in [2.05, 4.69) is 5.16 Å². The lowest BCUT2D eigenvalue weighted by atomic mass is 9.96. The number of aryl methyl sites for hydroxylation is 2. The molecule has 0 radical (unpaired) electrons. The highest BCUT2D eigenvalue weighted by Crippen LogP contribution is 2.40. The van der Waals surface area contributed by atoms with Crippen LogP contribution in [-0.2, 0) is 23.8 Å². The molecule has 1 N–H and O–H groups in total. The molecule has 0 fully saturated rings. The molecule has 1 atom stereocenters. The monoisotopic (exact) mass is 477 g/mol. The fourth-order valence-electron chi connectivity index (χ4n) is 3.87. The molecule has 0 aliphatic rings. The standard InChI is InChI=1S/C24H22F3NO4S/c1-12(2)22-17-6-4-14(24(25,26)27)10-21(17)33-20(22)9-8-18-16-7-5-15(11-19(16)32-28-18)31-13(3)23(29)30/h4-7,10-13H,8-9H2,1-3H3,(H,29,30). The number of benzene rings is 2. The van der Waals surface area contributed by atoms with Crippen LogP contribution in [0.4, 0.5) is 13.2 Å². The maximum Gasteiger partial charge on any atom is 0.416 e. The van der Waals surface area contributed by atoms with E-state index in [4.69, 9.17) is 14.4 Å². The summed E-state index contributed by atoms with van der Waals surface area (Å²) in [7, 11) is 0. The van der Waals surface area contributed by atoms with E-state index >= 15 is 0 Å². The molecule has 174 valence electrons. The molecule has 4 aromatic rings. The molecule has 0 saturated carbocycles. The molecular weight excluding hydrogens is 455 g/mol. The number of halogens is 3. The van der Waals surface area contributed by atoms with Gasteiger partial charge in [0.2, 0.25) is 0 Å². The fraction of sp³-hybridized carbons (Fsp3) is 0.333. The Kier molecular flexibility index (Phi) is 6.09. The van der Waals surface area contributed by atoms with Gasteiger partial charge in [0.15, 0.2) is 11.7 Å². The van der Waals surface area contributed by atoms with Gasteiger partial charge in [0.1, 0.15) is 5.75 Å². The van der Waals surface area contributed by atoms with Crippen molar-refractivity contribution >= 4 is 38.4 Å². The summed E-state index contributed by atoms with van der Waals surface area (Å²) >= 11 is 1.39. The summed E-state index contributed by atoms with van der Waals surface area (Å²) in [4.78, 5) is 12.0. The first-order chi connectivity index (χ1) is 15.5. The maximum absolute atomic E-state index is 13.1. The van der Waals surface area contributed by atoms with Gasteiger partial charge in [-0.2, -0.15) is 13.2 Å². The molecule has 0 spiro atoms. The van der Waals surface area contributed by atoms with Crippen molar-refractivity contribution in [2.75, 3.05) is 0 Å². The van der Waals surface area contributed by atoms with Crippen LogP contribution < -0.4 is 4.74 Å². The number of fused-ring (bicyclic) bond motifs is 2. The third-order valence-corrected chi connectivity index (χ3v) is 6.71. The van der Waals surface area contributed by atoms with E-state index in [1.54, 1.807) is 24.3 Å². The van der Waals surface area contributed by atoms with Gasteiger partial charge in [-0.05, 0) is 60.9 Å². The zero-order valence-electron chi connectivity index (χ0n) is 18.2. The van der Waals surface area contributed by atoms with Crippen LogP contribution >= 0.6 is 11.3 Å². The number of ether oxygens (including phenoxy) is 1. The lowest BCUT2D eigenvalue weighted by molar-refractivity contribution is -0.144. The molecule has 0 saturated heterocycles. The molecule has 0 bridgehead atoms. The number of hydrogen-bond donors (Lipinski definition) is 1. The number of carbonyl (C=O) groups is 1. The lowest BCUT2D eigenvalue weighted by Gasteiger charge is -2.10. The second kappa shape index (κ2) is 8.70. The van der Waals surface area contributed by atoms with Crippen molar-refractivity contribution in [3.05, 3.63) is 58.1 Å². The molecule has 9 heteroatoms. The third-order valence-electron chi connectivity index (χ3n) is 5.48. The summed E-state index contributed by atoms with van der Waals surface area (Å²) in [5.74, 6) is -0.539. The van der Waals surface area contributed by atoms with Crippen molar-refractivity contribution in [3.63, 3.8) is 0 Å². The maximum atomic E-state index is 13.1. The number of hydrogen-bond acceptors (Lipinski definition) is 5. The van der Waals surface area contributed by atoms with Crippen LogP contribution in [0, 0.1) is 0 Å². The molecule has 0 amide bonds. The average Bonchev–Trinajstić information content (AvgIpc) is 3.31. The van der Waals surface area contributed by atoms with Crippen molar-refractivity contribution in [1.82, 2.24) is 5.16 Å². The van der Waals surface area contributed by atoms with Gasteiger partial charge >= 0.3 is 12.1 Å². The van der Waals surface area contributed by atoms with E-state index in [9.17, 15) is 18.0 Å². The molecule has 0 aliphatic carbocycles. The fourth-order valence-corrected chi connectivity index (χ4v) is 5.27. The minimum absolute atomic E-state index is 0.162. The second-order valence-corrected chi connectivity index (χ2v) is 9.32. The summed E-state index contributed by atoms with van der Waals surface area (Å²) in [5, 5.41) is 14.8. The predicted molar refractivity (Wildman–Crippen MR) is 120 cm³/mol. The molecule has 2 aromatic carbocycles. The number of nitrogens with zero attached hydrogens (tertiary/aromatic N) is 1. The quantitative estimate of drug-likeness (QED) is 0.316. The Morgan fingerprint density at radius 2 is 1.85 bits per heavy atom. The van der Waals surface area contributed by atoms with E-state index in [0.717, 1.165) is 33.0 Å². The highest BCUT2D eigenvalue weighted by molar-refractivity contribution is 7.19. The zero-order valence-corrected chi connectivity index (χ0v) is 19.0. The van der Waals surface area contributed by atoms with Crippen LogP contribution in [-0.4, -0.2) is 22.3 Å². The first kappa shape index (κ1) is 23.1. The van der Waals surface area contributed by atoms with Crippen molar-refractivity contribution in [2.45, 2.75) is 51.8 Å². The van der Waals surface area contributed by atoms with Gasteiger partial charge < -0.3 is 14.4 Å². The Hall–Kier alpha value is -3.07. The number of rotatable bonds is 7. The Morgan fingerprint density at radius 1 is 1.12 bits per heavy atom. The SMILES string of the molecule is CC(Oc1ccc2c(CCc3sc4cc(C(F)(F)F)ccc4c3C(C)C)noc2c1)C(=O)O. The first-order valence-corrected chi connectivity index (χ1v) is 11.3. The highest BCUT2D eigenvalue weighted by atomic mass is 32.1. The summed E-state index contributed by atoms with van der Waals surface area (Å²) in [5.41, 5.74) is 1.63. The van der Waals surface area contributed by atoms with Gasteiger partial charge in [0.25, 0.3) is 0 Å². The summed E-state index contributed by atoms with van der Waals surface area (Å²) in [6, 6.07) is 8.97. The molecule has 4 rings (SSSR count). The molecule has 2 aromatic heterocycles. The van der Waals surface area contributed by atoms with Crippen molar-refractivity contribution in [2.24, 2.45) is 0 Å². The molecule has 33 heavy (non-hydrogen) atoms. The van der Waals surface area contributed by atoms with Gasteiger partial charge in [-0.1, -0.05) is 25.1 Å². The number of thiophene rings is 1. The summed E-state index contributed by atoms with van der Waals surface area (Å²) < 4.78 is 50.9.